The van der Waals surface area contributed by atoms with Crippen molar-refractivity contribution in [2.75, 3.05) is 13.9 Å². The highest BCUT2D eigenvalue weighted by Crippen LogP contribution is 2.41. The molecule has 0 fully saturated rings. The number of nitrogens with zero attached hydrogens (tertiary/aromatic N) is 1. The second-order valence-electron chi connectivity index (χ2n) is 5.84. The van der Waals surface area contributed by atoms with Crippen molar-refractivity contribution in [1.82, 2.24) is 0 Å². The van der Waals surface area contributed by atoms with Gasteiger partial charge in [-0.2, -0.15) is 0 Å². The highest BCUT2D eigenvalue weighted by Gasteiger charge is 2.33. The molecule has 2 heterocycles. The molecule has 2 aliphatic rings. The molecule has 0 spiro atoms. The van der Waals surface area contributed by atoms with Crippen molar-refractivity contribution in [3.05, 3.63) is 70.1 Å². The Kier molecular flexibility index (Phi) is 4.79. The zero-order valence-corrected chi connectivity index (χ0v) is 15.5. The molecule has 2 aromatic carbocycles. The number of carbonyl (C=O) groups excluding carboxylic acids is 1. The number of aliphatic imine (C=N–C) groups is 1. The van der Waals surface area contributed by atoms with Gasteiger partial charge in [0.2, 0.25) is 6.79 Å². The quantitative estimate of drug-likeness (QED) is 0.773. The van der Waals surface area contributed by atoms with Crippen molar-refractivity contribution in [1.29, 1.82) is 0 Å². The minimum absolute atomic E-state index is 0.0660. The van der Waals surface area contributed by atoms with Crippen molar-refractivity contribution < 1.29 is 28.5 Å². The van der Waals surface area contributed by atoms with E-state index in [1.165, 1.54) is 25.3 Å². The number of methoxy groups -OCH3 is 1. The molecule has 0 saturated carbocycles. The first-order chi connectivity index (χ1) is 13.5. The fourth-order valence-corrected chi connectivity index (χ4v) is 3.74. The molecule has 0 bridgehead atoms. The summed E-state index contributed by atoms with van der Waals surface area (Å²) in [6.07, 6.45) is 1.69. The summed E-state index contributed by atoms with van der Waals surface area (Å²) >= 11 is 1.09. The van der Waals surface area contributed by atoms with Crippen LogP contribution in [0.15, 0.2) is 63.7 Å². The molecule has 1 N–H and O–H groups in total. The van der Waals surface area contributed by atoms with E-state index in [9.17, 15) is 14.3 Å². The van der Waals surface area contributed by atoms with Gasteiger partial charge in [0.25, 0.3) is 0 Å². The molecule has 0 aromatic heterocycles. The average Bonchev–Trinajstić information content (AvgIpc) is 3.26. The molecule has 28 heavy (non-hydrogen) atoms. The van der Waals surface area contributed by atoms with E-state index in [1.807, 2.05) is 0 Å². The lowest BCUT2D eigenvalue weighted by molar-refractivity contribution is -0.135. The van der Waals surface area contributed by atoms with E-state index in [1.54, 1.807) is 30.3 Å². The summed E-state index contributed by atoms with van der Waals surface area (Å²) < 4.78 is 28.9. The number of ether oxygens (including phenoxy) is 3. The number of esters is 1. The van der Waals surface area contributed by atoms with Crippen molar-refractivity contribution in [2.24, 2.45) is 4.99 Å². The number of rotatable bonds is 3. The summed E-state index contributed by atoms with van der Waals surface area (Å²) in [5.74, 6) is -0.181. The summed E-state index contributed by atoms with van der Waals surface area (Å²) in [5, 5.41) is 10.8. The van der Waals surface area contributed by atoms with Crippen LogP contribution in [0.25, 0.3) is 6.08 Å². The smallest absolute Gasteiger partial charge is 0.344 e. The Hall–Kier alpha value is -3.26. The number of fused-ring (bicyclic) bond motifs is 1. The van der Waals surface area contributed by atoms with Crippen LogP contribution in [-0.2, 0) is 9.53 Å². The molecular formula is C20H14FNO5S. The fraction of sp³-hybridized carbons (Fsp3) is 0.100. The number of aliphatic hydroxyl groups is 1. The van der Waals surface area contributed by atoms with E-state index in [0.717, 1.165) is 17.3 Å². The monoisotopic (exact) mass is 399 g/mol. The van der Waals surface area contributed by atoms with Crippen LogP contribution in [0.3, 0.4) is 0 Å². The lowest BCUT2D eigenvalue weighted by Gasteiger charge is -2.02. The van der Waals surface area contributed by atoms with Crippen molar-refractivity contribution in [3.63, 3.8) is 0 Å². The van der Waals surface area contributed by atoms with Gasteiger partial charge in [-0.3, -0.25) is 0 Å². The van der Waals surface area contributed by atoms with Gasteiger partial charge in [-0.1, -0.05) is 23.9 Å². The van der Waals surface area contributed by atoms with Crippen LogP contribution >= 0.6 is 11.8 Å². The van der Waals surface area contributed by atoms with Crippen molar-refractivity contribution in [3.8, 4) is 11.5 Å². The molecule has 142 valence electrons. The third kappa shape index (κ3) is 3.46. The van der Waals surface area contributed by atoms with E-state index >= 15 is 0 Å². The Balaban J connectivity index is 1.73. The Labute approximate surface area is 163 Å². The van der Waals surface area contributed by atoms with Crippen molar-refractivity contribution in [2.45, 2.75) is 0 Å². The van der Waals surface area contributed by atoms with E-state index in [-0.39, 0.29) is 23.2 Å². The van der Waals surface area contributed by atoms with E-state index in [2.05, 4.69) is 4.99 Å². The maximum Gasteiger partial charge on any atom is 0.344 e. The molecule has 0 unspecified atom stereocenters. The van der Waals surface area contributed by atoms with Crippen LogP contribution < -0.4 is 9.47 Å². The first-order valence-corrected chi connectivity index (χ1v) is 9.02. The fourth-order valence-electron chi connectivity index (χ4n) is 2.71. The van der Waals surface area contributed by atoms with Crippen LogP contribution in [0.1, 0.15) is 5.56 Å². The predicted octanol–water partition coefficient (Wildman–Crippen LogP) is 4.36. The van der Waals surface area contributed by atoms with Gasteiger partial charge in [0.15, 0.2) is 11.5 Å². The molecule has 2 aliphatic heterocycles. The molecule has 6 nitrogen and oxygen atoms in total. The van der Waals surface area contributed by atoms with E-state index < -0.39 is 11.8 Å². The van der Waals surface area contributed by atoms with E-state index in [4.69, 9.17) is 14.2 Å². The second kappa shape index (κ2) is 7.40. The van der Waals surface area contributed by atoms with Gasteiger partial charge >= 0.3 is 5.97 Å². The van der Waals surface area contributed by atoms with Gasteiger partial charge in [-0.15, -0.1) is 0 Å². The molecular weight excluding hydrogens is 385 g/mol. The SMILES string of the molecule is COC(=O)C1=C(O)C(=Cc2ccc3c(c2)OCO3)SC1=Nc1cccc(F)c1. The maximum atomic E-state index is 13.5. The predicted molar refractivity (Wildman–Crippen MR) is 103 cm³/mol. The molecule has 8 heteroatoms. The van der Waals surface area contributed by atoms with Crippen LogP contribution in [0, 0.1) is 5.82 Å². The molecule has 4 rings (SSSR count). The minimum atomic E-state index is -0.728. The van der Waals surface area contributed by atoms with Crippen LogP contribution in [0.5, 0.6) is 11.5 Å². The third-order valence-electron chi connectivity index (χ3n) is 4.01. The summed E-state index contributed by atoms with van der Waals surface area (Å²) in [6, 6.07) is 11.0. The first-order valence-electron chi connectivity index (χ1n) is 8.21. The highest BCUT2D eigenvalue weighted by atomic mass is 32.2. The zero-order chi connectivity index (χ0) is 19.7. The van der Waals surface area contributed by atoms with Gasteiger partial charge in [0.05, 0.1) is 17.7 Å². The summed E-state index contributed by atoms with van der Waals surface area (Å²) in [5.41, 5.74) is 0.999. The summed E-state index contributed by atoms with van der Waals surface area (Å²) in [4.78, 5) is 16.9. The zero-order valence-electron chi connectivity index (χ0n) is 14.6. The average molecular weight is 399 g/mol. The molecule has 2 aromatic rings. The molecule has 0 radical (unpaired) electrons. The summed E-state index contributed by atoms with van der Waals surface area (Å²) in [7, 11) is 1.21. The van der Waals surface area contributed by atoms with Gasteiger partial charge in [-0.25, -0.2) is 14.2 Å². The molecule has 0 atom stereocenters. The first kappa shape index (κ1) is 18.1. The Bertz CT molecular complexity index is 1060. The van der Waals surface area contributed by atoms with Gasteiger partial charge < -0.3 is 19.3 Å². The molecule has 0 aliphatic carbocycles. The van der Waals surface area contributed by atoms with E-state index in [0.29, 0.717) is 22.1 Å². The van der Waals surface area contributed by atoms with Gasteiger partial charge in [0.1, 0.15) is 22.2 Å². The number of carbonyl (C=O) groups is 1. The van der Waals surface area contributed by atoms with Gasteiger partial charge in [0, 0.05) is 0 Å². The molecule has 0 saturated heterocycles. The third-order valence-corrected chi connectivity index (χ3v) is 5.03. The van der Waals surface area contributed by atoms with Crippen molar-refractivity contribution >= 4 is 34.5 Å². The largest absolute Gasteiger partial charge is 0.506 e. The number of benzene rings is 2. The van der Waals surface area contributed by atoms with Crippen LogP contribution in [0.4, 0.5) is 10.1 Å². The Morgan fingerprint density at radius 2 is 2.07 bits per heavy atom. The highest BCUT2D eigenvalue weighted by molar-refractivity contribution is 8.18. The number of hydrogen-bond donors (Lipinski definition) is 1. The minimum Gasteiger partial charge on any atom is -0.506 e. The topological polar surface area (TPSA) is 77.4 Å². The molecule has 0 amide bonds. The standard InChI is InChI=1S/C20H14FNO5S/c1-25-20(24)17-18(23)16(8-11-5-6-14-15(7-11)27-10-26-14)28-19(17)22-13-4-2-3-12(21)9-13/h2-9,23H,10H2,1H3. The second-order valence-corrected chi connectivity index (χ2v) is 6.87. The number of hydrogen-bond acceptors (Lipinski definition) is 7. The van der Waals surface area contributed by atoms with Gasteiger partial charge in [-0.05, 0) is 42.0 Å². The maximum absolute atomic E-state index is 13.5. The number of thioether (sulfide) groups is 1. The van der Waals surface area contributed by atoms with Crippen LogP contribution in [0.2, 0.25) is 0 Å². The number of halogens is 1. The lowest BCUT2D eigenvalue weighted by atomic mass is 10.1. The number of aliphatic hydroxyl groups excluding tert-OH is 1. The Morgan fingerprint density at radius 1 is 1.25 bits per heavy atom. The van der Waals surface area contributed by atoms with Crippen LogP contribution in [-0.4, -0.2) is 30.0 Å². The lowest BCUT2D eigenvalue weighted by Crippen LogP contribution is -2.10. The normalized spacial score (nSPS) is 18.2. The Morgan fingerprint density at radius 3 is 2.86 bits per heavy atom. The summed E-state index contributed by atoms with van der Waals surface area (Å²) in [6.45, 7) is 0.159.